The first-order chi connectivity index (χ1) is 6.95. The lowest BCUT2D eigenvalue weighted by Crippen LogP contribution is -2.24. The molecule has 0 saturated carbocycles. The van der Waals surface area contributed by atoms with Crippen molar-refractivity contribution in [2.75, 3.05) is 11.5 Å². The molecule has 0 aromatic carbocycles. The first-order valence-corrected chi connectivity index (χ1v) is 6.64. The van der Waals surface area contributed by atoms with Crippen molar-refractivity contribution in [2.45, 2.75) is 25.9 Å². The van der Waals surface area contributed by atoms with Gasteiger partial charge in [-0.25, -0.2) is 0 Å². The third kappa shape index (κ3) is 3.72. The molecule has 0 bridgehead atoms. The van der Waals surface area contributed by atoms with Crippen molar-refractivity contribution >= 4 is 24.4 Å². The predicted molar refractivity (Wildman–Crippen MR) is 68.5 cm³/mol. The van der Waals surface area contributed by atoms with Crippen LogP contribution >= 0.6 is 24.4 Å². The van der Waals surface area contributed by atoms with Crippen LogP contribution in [0.1, 0.15) is 20.8 Å². The van der Waals surface area contributed by atoms with E-state index in [-0.39, 0.29) is 0 Å². The fourth-order valence-electron chi connectivity index (χ4n) is 1.15. The zero-order valence-electron chi connectivity index (χ0n) is 9.77. The van der Waals surface area contributed by atoms with E-state index in [4.69, 9.17) is 0 Å². The Bertz CT molecular complexity index is 304. The Balaban J connectivity index is 2.52. The number of nitrogens with zero attached hydrogens (tertiary/aromatic N) is 3. The van der Waals surface area contributed by atoms with Crippen LogP contribution in [0.3, 0.4) is 0 Å². The van der Waals surface area contributed by atoms with Gasteiger partial charge in [0.15, 0.2) is 5.16 Å². The van der Waals surface area contributed by atoms with Gasteiger partial charge in [0.2, 0.25) is 0 Å². The van der Waals surface area contributed by atoms with Crippen molar-refractivity contribution < 1.29 is 0 Å². The molecule has 0 aliphatic carbocycles. The molecule has 0 saturated heterocycles. The topological polar surface area (TPSA) is 30.7 Å². The first-order valence-electron chi connectivity index (χ1n) is 5.03. The smallest absolute Gasteiger partial charge is 0.190 e. The number of aryl methyl sites for hydroxylation is 1. The van der Waals surface area contributed by atoms with Crippen molar-refractivity contribution in [3.63, 3.8) is 0 Å². The SMILES string of the molecule is Cn1cnnc1SCC(CS)C(C)(C)C. The van der Waals surface area contributed by atoms with Crippen molar-refractivity contribution in [3.05, 3.63) is 6.33 Å². The van der Waals surface area contributed by atoms with Crippen LogP contribution in [0.2, 0.25) is 0 Å². The molecular weight excluding hydrogens is 226 g/mol. The number of aromatic nitrogens is 3. The minimum Gasteiger partial charge on any atom is -0.312 e. The summed E-state index contributed by atoms with van der Waals surface area (Å²) in [6.45, 7) is 6.77. The van der Waals surface area contributed by atoms with Crippen LogP contribution in [0.25, 0.3) is 0 Å². The fourth-order valence-corrected chi connectivity index (χ4v) is 3.33. The summed E-state index contributed by atoms with van der Waals surface area (Å²) < 4.78 is 1.95. The van der Waals surface area contributed by atoms with Gasteiger partial charge in [-0.2, -0.15) is 12.6 Å². The molecule has 1 heterocycles. The largest absolute Gasteiger partial charge is 0.312 e. The zero-order valence-corrected chi connectivity index (χ0v) is 11.5. The van der Waals surface area contributed by atoms with Crippen LogP contribution in [-0.4, -0.2) is 26.3 Å². The number of hydrogen-bond acceptors (Lipinski definition) is 4. The van der Waals surface area contributed by atoms with Crippen molar-refractivity contribution in [1.82, 2.24) is 14.8 Å². The summed E-state index contributed by atoms with van der Waals surface area (Å²) in [5, 5.41) is 8.89. The summed E-state index contributed by atoms with van der Waals surface area (Å²) in [5.41, 5.74) is 0.299. The van der Waals surface area contributed by atoms with E-state index in [1.54, 1.807) is 18.1 Å². The molecule has 15 heavy (non-hydrogen) atoms. The summed E-state index contributed by atoms with van der Waals surface area (Å²) in [6, 6.07) is 0. The highest BCUT2D eigenvalue weighted by atomic mass is 32.2. The molecule has 0 fully saturated rings. The average Bonchev–Trinajstić information content (AvgIpc) is 2.50. The quantitative estimate of drug-likeness (QED) is 0.653. The Morgan fingerprint density at radius 1 is 1.53 bits per heavy atom. The van der Waals surface area contributed by atoms with Crippen LogP contribution in [0, 0.1) is 11.3 Å². The van der Waals surface area contributed by atoms with Crippen molar-refractivity contribution in [3.8, 4) is 0 Å². The zero-order chi connectivity index (χ0) is 11.5. The van der Waals surface area contributed by atoms with E-state index >= 15 is 0 Å². The van der Waals surface area contributed by atoms with E-state index in [0.29, 0.717) is 11.3 Å². The molecule has 1 rings (SSSR count). The van der Waals surface area contributed by atoms with Gasteiger partial charge >= 0.3 is 0 Å². The number of hydrogen-bond donors (Lipinski definition) is 1. The van der Waals surface area contributed by atoms with Crippen molar-refractivity contribution in [1.29, 1.82) is 0 Å². The monoisotopic (exact) mass is 245 g/mol. The third-order valence-corrected chi connectivity index (χ3v) is 4.17. The van der Waals surface area contributed by atoms with E-state index in [9.17, 15) is 0 Å². The molecule has 0 amide bonds. The molecule has 5 heteroatoms. The maximum absolute atomic E-state index is 4.41. The summed E-state index contributed by atoms with van der Waals surface area (Å²) >= 11 is 6.16. The van der Waals surface area contributed by atoms with Crippen LogP contribution < -0.4 is 0 Å². The van der Waals surface area contributed by atoms with Gasteiger partial charge in [-0.15, -0.1) is 10.2 Å². The van der Waals surface area contributed by atoms with E-state index < -0.39 is 0 Å². The fraction of sp³-hybridized carbons (Fsp3) is 0.800. The summed E-state index contributed by atoms with van der Waals surface area (Å²) in [5.74, 6) is 2.54. The van der Waals surface area contributed by atoms with Gasteiger partial charge in [-0.1, -0.05) is 32.5 Å². The Labute approximate surface area is 101 Å². The molecule has 0 aliphatic rings. The average molecular weight is 245 g/mol. The second kappa shape index (κ2) is 5.25. The van der Waals surface area contributed by atoms with Crippen LogP contribution in [-0.2, 0) is 7.05 Å². The lowest BCUT2D eigenvalue weighted by molar-refractivity contribution is 0.294. The molecule has 1 unspecified atom stereocenters. The molecule has 0 N–H and O–H groups in total. The van der Waals surface area contributed by atoms with Gasteiger partial charge in [-0.05, 0) is 17.1 Å². The highest BCUT2D eigenvalue weighted by Gasteiger charge is 2.23. The highest BCUT2D eigenvalue weighted by Crippen LogP contribution is 2.31. The minimum absolute atomic E-state index is 0.299. The second-order valence-electron chi connectivity index (χ2n) is 4.78. The Morgan fingerprint density at radius 3 is 2.60 bits per heavy atom. The van der Waals surface area contributed by atoms with Crippen molar-refractivity contribution in [2.24, 2.45) is 18.4 Å². The Kier molecular flexibility index (Phi) is 4.52. The van der Waals surface area contributed by atoms with Gasteiger partial charge in [0.1, 0.15) is 6.33 Å². The first kappa shape index (κ1) is 12.9. The van der Waals surface area contributed by atoms with Crippen LogP contribution in [0.15, 0.2) is 11.5 Å². The normalized spacial score (nSPS) is 14.2. The van der Waals surface area contributed by atoms with E-state index in [0.717, 1.165) is 16.7 Å². The Morgan fingerprint density at radius 2 is 2.20 bits per heavy atom. The van der Waals surface area contributed by atoms with Crippen LogP contribution in [0.4, 0.5) is 0 Å². The minimum atomic E-state index is 0.299. The highest BCUT2D eigenvalue weighted by molar-refractivity contribution is 7.99. The lowest BCUT2D eigenvalue weighted by atomic mass is 9.83. The van der Waals surface area contributed by atoms with Gasteiger partial charge in [0.05, 0.1) is 0 Å². The molecule has 1 aromatic heterocycles. The summed E-state index contributed by atoms with van der Waals surface area (Å²) in [4.78, 5) is 0. The van der Waals surface area contributed by atoms with E-state index in [1.165, 1.54) is 0 Å². The number of thioether (sulfide) groups is 1. The van der Waals surface area contributed by atoms with Gasteiger partial charge < -0.3 is 4.57 Å². The van der Waals surface area contributed by atoms with E-state index in [1.807, 2.05) is 11.6 Å². The van der Waals surface area contributed by atoms with Gasteiger partial charge in [0, 0.05) is 12.8 Å². The van der Waals surface area contributed by atoms with Gasteiger partial charge in [0.25, 0.3) is 0 Å². The molecule has 3 nitrogen and oxygen atoms in total. The molecule has 86 valence electrons. The standard InChI is InChI=1S/C10H19N3S2/c1-10(2,3)8(5-14)6-15-9-12-11-7-13(9)4/h7-8,14H,5-6H2,1-4H3. The Hall–Kier alpha value is -0.160. The second-order valence-corrected chi connectivity index (χ2v) is 6.13. The maximum atomic E-state index is 4.41. The third-order valence-electron chi connectivity index (χ3n) is 2.53. The van der Waals surface area contributed by atoms with Crippen LogP contribution in [0.5, 0.6) is 0 Å². The number of rotatable bonds is 4. The predicted octanol–water partition coefficient (Wildman–Crippen LogP) is 2.50. The summed E-state index contributed by atoms with van der Waals surface area (Å²) in [7, 11) is 1.97. The van der Waals surface area contributed by atoms with E-state index in [2.05, 4.69) is 43.6 Å². The lowest BCUT2D eigenvalue weighted by Gasteiger charge is -2.28. The molecule has 0 aliphatic heterocycles. The maximum Gasteiger partial charge on any atom is 0.190 e. The molecule has 1 aromatic rings. The summed E-state index contributed by atoms with van der Waals surface area (Å²) in [6.07, 6.45) is 1.73. The molecule has 0 spiro atoms. The van der Waals surface area contributed by atoms with Gasteiger partial charge in [-0.3, -0.25) is 0 Å². The molecule has 0 radical (unpaired) electrons. The number of thiol groups is 1. The molecular formula is C10H19N3S2. The molecule has 1 atom stereocenters.